The van der Waals surface area contributed by atoms with Gasteiger partial charge >= 0.3 is 0 Å². The third kappa shape index (κ3) is 4.20. The summed E-state index contributed by atoms with van der Waals surface area (Å²) in [5, 5.41) is 14.5. The van der Waals surface area contributed by atoms with Crippen molar-refractivity contribution in [3.05, 3.63) is 157 Å². The van der Waals surface area contributed by atoms with E-state index in [1.807, 2.05) is 72.8 Å². The van der Waals surface area contributed by atoms with Crippen LogP contribution in [0.1, 0.15) is 5.56 Å². The second-order valence-electron chi connectivity index (χ2n) is 11.6. The first-order valence-corrected chi connectivity index (χ1v) is 15.3. The largest absolute Gasteiger partial charge is 0.456 e. The Morgan fingerprint density at radius 3 is 1.87 bits per heavy atom. The molecule has 2 heterocycles. The van der Waals surface area contributed by atoms with E-state index in [-0.39, 0.29) is 0 Å². The first-order chi connectivity index (χ1) is 22.7. The number of benzene rings is 7. The average molecular weight is 588 g/mol. The molecule has 0 unspecified atom stereocenters. The highest BCUT2D eigenvalue weighted by Crippen LogP contribution is 2.42. The predicted octanol–water partition coefficient (Wildman–Crippen LogP) is 12.0. The molecule has 0 saturated heterocycles. The third-order valence-corrected chi connectivity index (χ3v) is 8.90. The summed E-state index contributed by atoms with van der Waals surface area (Å²) in [5.74, 6) is 0. The standard InChI is InChI=1S/C43H25NO2/c44-26-27-21-31(28-9-2-1-3-10-28)23-32(22-27)38-24-29(34-13-8-16-41-43(34)37-12-5-7-15-40(37)45-41)17-19-33(38)30-18-20-36-35-11-4-6-14-39(35)46-42(36)25-30/h1-25H. The molecule has 46 heavy (non-hydrogen) atoms. The van der Waals surface area contributed by atoms with E-state index in [4.69, 9.17) is 8.83 Å². The van der Waals surface area contributed by atoms with Gasteiger partial charge < -0.3 is 8.83 Å². The molecule has 214 valence electrons. The molecule has 0 atom stereocenters. The molecule has 0 radical (unpaired) electrons. The number of nitrogens with zero attached hydrogens (tertiary/aromatic N) is 1. The van der Waals surface area contributed by atoms with Crippen LogP contribution in [0.3, 0.4) is 0 Å². The second kappa shape index (κ2) is 10.4. The van der Waals surface area contributed by atoms with E-state index in [9.17, 15) is 5.26 Å². The van der Waals surface area contributed by atoms with Crippen molar-refractivity contribution in [2.24, 2.45) is 0 Å². The molecule has 0 spiro atoms. The highest BCUT2D eigenvalue weighted by molar-refractivity contribution is 6.13. The van der Waals surface area contributed by atoms with Crippen molar-refractivity contribution < 1.29 is 8.83 Å². The molecule has 9 rings (SSSR count). The molecule has 0 aliphatic heterocycles. The van der Waals surface area contributed by atoms with Crippen LogP contribution >= 0.6 is 0 Å². The number of para-hydroxylation sites is 2. The van der Waals surface area contributed by atoms with Gasteiger partial charge in [0.15, 0.2) is 0 Å². The molecule has 0 fully saturated rings. The number of rotatable bonds is 4. The molecule has 0 bridgehead atoms. The number of fused-ring (bicyclic) bond motifs is 6. The van der Waals surface area contributed by atoms with E-state index in [1.54, 1.807) is 0 Å². The molecule has 3 nitrogen and oxygen atoms in total. The van der Waals surface area contributed by atoms with E-state index >= 15 is 0 Å². The van der Waals surface area contributed by atoms with Gasteiger partial charge in [-0.05, 0) is 99.1 Å². The highest BCUT2D eigenvalue weighted by Gasteiger charge is 2.17. The molecular weight excluding hydrogens is 562 g/mol. The fourth-order valence-corrected chi connectivity index (χ4v) is 6.76. The topological polar surface area (TPSA) is 50.1 Å². The molecule has 0 aliphatic carbocycles. The smallest absolute Gasteiger partial charge is 0.136 e. The normalized spacial score (nSPS) is 11.5. The van der Waals surface area contributed by atoms with Gasteiger partial charge in [0.2, 0.25) is 0 Å². The molecule has 9 aromatic rings. The maximum absolute atomic E-state index is 10.1. The summed E-state index contributed by atoms with van der Waals surface area (Å²) >= 11 is 0. The van der Waals surface area contributed by atoms with E-state index < -0.39 is 0 Å². The van der Waals surface area contributed by atoms with Gasteiger partial charge in [-0.25, -0.2) is 0 Å². The van der Waals surface area contributed by atoms with E-state index in [1.165, 1.54) is 0 Å². The molecule has 0 N–H and O–H groups in total. The van der Waals surface area contributed by atoms with Crippen molar-refractivity contribution in [1.82, 2.24) is 0 Å². The minimum Gasteiger partial charge on any atom is -0.456 e. The lowest BCUT2D eigenvalue weighted by molar-refractivity contribution is 0.668. The minimum absolute atomic E-state index is 0.614. The van der Waals surface area contributed by atoms with Crippen LogP contribution in [0.15, 0.2) is 160 Å². The Bertz CT molecular complexity index is 2650. The summed E-state index contributed by atoms with van der Waals surface area (Å²) < 4.78 is 12.5. The highest BCUT2D eigenvalue weighted by atomic mass is 16.3. The van der Waals surface area contributed by atoms with Crippen LogP contribution in [-0.4, -0.2) is 0 Å². The van der Waals surface area contributed by atoms with Crippen LogP contribution in [0.25, 0.3) is 88.4 Å². The van der Waals surface area contributed by atoms with Gasteiger partial charge in [0.05, 0.1) is 11.6 Å². The SMILES string of the molecule is N#Cc1cc(-c2ccccc2)cc(-c2cc(-c3cccc4oc5ccccc5c34)ccc2-c2ccc3c(c2)oc2ccccc23)c1. The Hall–Kier alpha value is -6.37. The summed E-state index contributed by atoms with van der Waals surface area (Å²) in [4.78, 5) is 0. The first-order valence-electron chi connectivity index (χ1n) is 15.3. The number of nitriles is 1. The van der Waals surface area contributed by atoms with Crippen LogP contribution in [0.2, 0.25) is 0 Å². The zero-order valence-corrected chi connectivity index (χ0v) is 24.7. The first kappa shape index (κ1) is 26.1. The predicted molar refractivity (Wildman–Crippen MR) is 187 cm³/mol. The molecular formula is C43H25NO2. The lowest BCUT2D eigenvalue weighted by atomic mass is 9.88. The van der Waals surface area contributed by atoms with Crippen molar-refractivity contribution in [3.63, 3.8) is 0 Å². The molecule has 0 saturated carbocycles. The van der Waals surface area contributed by atoms with Gasteiger partial charge in [-0.15, -0.1) is 0 Å². The van der Waals surface area contributed by atoms with Gasteiger partial charge in [-0.2, -0.15) is 5.26 Å². The van der Waals surface area contributed by atoms with Crippen LogP contribution in [-0.2, 0) is 0 Å². The van der Waals surface area contributed by atoms with Crippen LogP contribution in [0, 0.1) is 11.3 Å². The van der Waals surface area contributed by atoms with E-state index in [0.717, 1.165) is 88.4 Å². The Labute approximate surface area is 265 Å². The summed E-state index contributed by atoms with van der Waals surface area (Å²) in [6.45, 7) is 0. The van der Waals surface area contributed by atoms with Gasteiger partial charge in [0, 0.05) is 21.5 Å². The average Bonchev–Trinajstić information content (AvgIpc) is 3.69. The van der Waals surface area contributed by atoms with Crippen LogP contribution < -0.4 is 0 Å². The Balaban J connectivity index is 1.31. The monoisotopic (exact) mass is 587 g/mol. The lowest BCUT2D eigenvalue weighted by Crippen LogP contribution is -1.91. The van der Waals surface area contributed by atoms with Crippen molar-refractivity contribution >= 4 is 43.9 Å². The summed E-state index contributed by atoms with van der Waals surface area (Å²) in [5.41, 5.74) is 12.4. The van der Waals surface area contributed by atoms with E-state index in [2.05, 4.69) is 84.9 Å². The molecule has 3 heteroatoms. The van der Waals surface area contributed by atoms with Crippen LogP contribution in [0.5, 0.6) is 0 Å². The third-order valence-electron chi connectivity index (χ3n) is 8.90. The Kier molecular flexibility index (Phi) is 5.88. The zero-order chi connectivity index (χ0) is 30.6. The second-order valence-corrected chi connectivity index (χ2v) is 11.6. The van der Waals surface area contributed by atoms with Crippen molar-refractivity contribution in [3.8, 4) is 50.6 Å². The molecule has 2 aromatic heterocycles. The summed E-state index contributed by atoms with van der Waals surface area (Å²) in [7, 11) is 0. The van der Waals surface area contributed by atoms with Crippen molar-refractivity contribution in [2.75, 3.05) is 0 Å². The summed E-state index contributed by atoms with van der Waals surface area (Å²) in [6.07, 6.45) is 0. The fourth-order valence-electron chi connectivity index (χ4n) is 6.76. The number of hydrogen-bond acceptors (Lipinski definition) is 3. The molecule has 0 amide bonds. The van der Waals surface area contributed by atoms with Gasteiger partial charge in [-0.3, -0.25) is 0 Å². The van der Waals surface area contributed by atoms with Crippen molar-refractivity contribution in [2.45, 2.75) is 0 Å². The molecule has 7 aromatic carbocycles. The van der Waals surface area contributed by atoms with Gasteiger partial charge in [-0.1, -0.05) is 97.1 Å². The maximum Gasteiger partial charge on any atom is 0.136 e. The lowest BCUT2D eigenvalue weighted by Gasteiger charge is -2.15. The Morgan fingerprint density at radius 2 is 1.02 bits per heavy atom. The maximum atomic E-state index is 10.1. The Morgan fingerprint density at radius 1 is 0.370 bits per heavy atom. The van der Waals surface area contributed by atoms with E-state index in [0.29, 0.717) is 5.56 Å². The number of furan rings is 2. The van der Waals surface area contributed by atoms with Crippen LogP contribution in [0.4, 0.5) is 0 Å². The zero-order valence-electron chi connectivity index (χ0n) is 24.7. The molecule has 0 aliphatic rings. The van der Waals surface area contributed by atoms with Gasteiger partial charge in [0.1, 0.15) is 22.3 Å². The minimum atomic E-state index is 0.614. The fraction of sp³-hybridized carbons (Fsp3) is 0. The van der Waals surface area contributed by atoms with Gasteiger partial charge in [0.25, 0.3) is 0 Å². The quantitative estimate of drug-likeness (QED) is 0.206. The number of hydrogen-bond donors (Lipinski definition) is 0. The summed E-state index contributed by atoms with van der Waals surface area (Å²) in [6, 6.07) is 54.4. The van der Waals surface area contributed by atoms with Crippen molar-refractivity contribution in [1.29, 1.82) is 5.26 Å².